The minimum absolute atomic E-state index is 0.0866. The maximum Gasteiger partial charge on any atom is 0.250 e. The van der Waals surface area contributed by atoms with E-state index in [1.165, 1.54) is 0 Å². The van der Waals surface area contributed by atoms with Crippen LogP contribution in [0, 0.1) is 13.8 Å². The van der Waals surface area contributed by atoms with Gasteiger partial charge in [0.15, 0.2) is 0 Å². The summed E-state index contributed by atoms with van der Waals surface area (Å²) in [6, 6.07) is 10.4. The van der Waals surface area contributed by atoms with Crippen LogP contribution < -0.4 is 13.6 Å². The molecular weight excluding hydrogens is 508 g/mol. The fourth-order valence-electron chi connectivity index (χ4n) is 2.88. The van der Waals surface area contributed by atoms with Crippen molar-refractivity contribution in [3.05, 3.63) is 51.5 Å². The van der Waals surface area contributed by atoms with Gasteiger partial charge in [0.2, 0.25) is 0 Å². The second-order valence-electron chi connectivity index (χ2n) is 12.1. The van der Waals surface area contributed by atoms with Crippen LogP contribution in [0.25, 0.3) is 0 Å². The number of halogens is 1. The molecule has 3 nitrogen and oxygen atoms in total. The zero-order chi connectivity index (χ0) is 25.4. The smallest absolute Gasteiger partial charge is 0.250 e. The summed E-state index contributed by atoms with van der Waals surface area (Å²) >= 11 is 3.78. The van der Waals surface area contributed by atoms with Gasteiger partial charge < -0.3 is 13.6 Å². The highest BCUT2D eigenvalue weighted by Gasteiger charge is 2.42. The molecule has 2 rings (SSSR count). The molecule has 0 aliphatic carbocycles. The van der Waals surface area contributed by atoms with E-state index in [0.717, 1.165) is 38.4 Å². The second-order valence-corrected chi connectivity index (χ2v) is 22.4. The average molecular weight is 552 g/mol. The maximum absolute atomic E-state index is 6.81. The Kier molecular flexibility index (Phi) is 8.30. The highest BCUT2D eigenvalue weighted by molar-refractivity contribution is 9.10. The van der Waals surface area contributed by atoms with Crippen LogP contribution >= 0.6 is 15.9 Å². The molecule has 0 fully saturated rings. The normalized spacial score (nSPS) is 13.1. The quantitative estimate of drug-likeness (QED) is 0.321. The van der Waals surface area contributed by atoms with E-state index in [1.807, 2.05) is 0 Å². The minimum atomic E-state index is -2.06. The van der Waals surface area contributed by atoms with Crippen molar-refractivity contribution in [3.63, 3.8) is 0 Å². The maximum atomic E-state index is 6.81. The number of benzene rings is 2. The lowest BCUT2D eigenvalue weighted by Crippen LogP contribution is -2.45. The summed E-state index contributed by atoms with van der Waals surface area (Å²) in [5.74, 6) is 2.60. The van der Waals surface area contributed by atoms with Crippen molar-refractivity contribution in [2.75, 3.05) is 0 Å². The van der Waals surface area contributed by atoms with Crippen molar-refractivity contribution in [2.45, 2.75) is 98.3 Å². The Bertz CT molecular complexity index is 966. The third kappa shape index (κ3) is 6.67. The van der Waals surface area contributed by atoms with Gasteiger partial charge in [-0.3, -0.25) is 0 Å². The molecule has 184 valence electrons. The number of para-hydroxylation sites is 1. The summed E-state index contributed by atoms with van der Waals surface area (Å²) in [6.45, 7) is 27.3. The Morgan fingerprint density at radius 2 is 1.18 bits per heavy atom. The van der Waals surface area contributed by atoms with Crippen LogP contribution in [0.2, 0.25) is 36.3 Å². The largest absolute Gasteiger partial charge is 0.541 e. The summed E-state index contributed by atoms with van der Waals surface area (Å²) < 4.78 is 20.8. The van der Waals surface area contributed by atoms with Gasteiger partial charge in [0.05, 0.1) is 0 Å². The van der Waals surface area contributed by atoms with Gasteiger partial charge in [-0.25, -0.2) is 0 Å². The summed E-state index contributed by atoms with van der Waals surface area (Å²) in [6.07, 6.45) is 0. The molecule has 2 aromatic rings. The first-order valence-corrected chi connectivity index (χ1v) is 18.4. The van der Waals surface area contributed by atoms with Gasteiger partial charge in [-0.05, 0) is 73.4 Å². The predicted molar refractivity (Wildman–Crippen MR) is 150 cm³/mol. The first kappa shape index (κ1) is 28.0. The van der Waals surface area contributed by atoms with Crippen molar-refractivity contribution in [1.82, 2.24) is 0 Å². The lowest BCUT2D eigenvalue weighted by molar-refractivity contribution is 0.300. The van der Waals surface area contributed by atoms with Crippen LogP contribution in [0.5, 0.6) is 17.2 Å². The molecule has 0 radical (unpaired) electrons. The molecule has 6 heteroatoms. The lowest BCUT2D eigenvalue weighted by atomic mass is 10.1. The molecule has 0 saturated carbocycles. The molecule has 0 unspecified atom stereocenters. The average Bonchev–Trinajstić information content (AvgIpc) is 2.62. The summed E-state index contributed by atoms with van der Waals surface area (Å²) in [5, 5.41) is 0.182. The number of hydrogen-bond donors (Lipinski definition) is 0. The Morgan fingerprint density at radius 3 is 1.61 bits per heavy atom. The molecule has 0 N–H and O–H groups in total. The third-order valence-corrected chi connectivity index (χ3v) is 16.7. The third-order valence-electron chi connectivity index (χ3n) is 7.24. The predicted octanol–water partition coefficient (Wildman–Crippen LogP) is 9.41. The molecule has 0 aromatic heterocycles. The fourth-order valence-corrected chi connectivity index (χ4v) is 5.35. The van der Waals surface area contributed by atoms with E-state index in [2.05, 4.69) is 128 Å². The van der Waals surface area contributed by atoms with Gasteiger partial charge in [0.1, 0.15) is 23.9 Å². The highest BCUT2D eigenvalue weighted by atomic mass is 79.9. The molecule has 2 aromatic carbocycles. The molecule has 0 aliphatic rings. The van der Waals surface area contributed by atoms with Crippen LogP contribution in [0.15, 0.2) is 34.8 Å². The fraction of sp³-hybridized carbons (Fsp3) is 0.556. The Morgan fingerprint density at radius 1 is 0.758 bits per heavy atom. The summed E-state index contributed by atoms with van der Waals surface area (Å²) in [4.78, 5) is 0. The monoisotopic (exact) mass is 550 g/mol. The standard InChI is InChI=1S/C27H43BrO3Si2/c1-19-14-13-15-20(2)25(19)29-18-21-16-23(30-32(9,10)26(3,4)5)24(17-22(21)28)31-33(11,12)27(6,7)8/h13-17H,18H2,1-12H3. The van der Waals surface area contributed by atoms with E-state index in [4.69, 9.17) is 13.6 Å². The summed E-state index contributed by atoms with van der Waals surface area (Å²) in [7, 11) is -4.11. The second kappa shape index (κ2) is 9.78. The molecule has 0 aliphatic heterocycles. The topological polar surface area (TPSA) is 27.7 Å². The number of rotatable bonds is 7. The first-order valence-electron chi connectivity index (χ1n) is 11.8. The van der Waals surface area contributed by atoms with Crippen molar-refractivity contribution < 1.29 is 13.6 Å². The van der Waals surface area contributed by atoms with Crippen LogP contribution in [-0.4, -0.2) is 16.6 Å². The Labute approximate surface area is 212 Å². The molecule has 0 atom stereocenters. The zero-order valence-corrected chi connectivity index (χ0v) is 26.3. The molecule has 0 amide bonds. The molecule has 0 bridgehead atoms. The van der Waals surface area contributed by atoms with E-state index in [0.29, 0.717) is 6.61 Å². The number of aryl methyl sites for hydroxylation is 2. The van der Waals surface area contributed by atoms with Gasteiger partial charge in [0.25, 0.3) is 16.6 Å². The van der Waals surface area contributed by atoms with Gasteiger partial charge in [-0.1, -0.05) is 75.7 Å². The van der Waals surface area contributed by atoms with Crippen LogP contribution in [0.4, 0.5) is 0 Å². The molecule has 0 spiro atoms. The van der Waals surface area contributed by atoms with E-state index < -0.39 is 16.6 Å². The molecule has 0 heterocycles. The van der Waals surface area contributed by atoms with E-state index in [9.17, 15) is 0 Å². The summed E-state index contributed by atoms with van der Waals surface area (Å²) in [5.41, 5.74) is 3.33. The van der Waals surface area contributed by atoms with Crippen LogP contribution in [-0.2, 0) is 6.61 Å². The molecule has 33 heavy (non-hydrogen) atoms. The van der Waals surface area contributed by atoms with Gasteiger partial charge >= 0.3 is 0 Å². The number of hydrogen-bond acceptors (Lipinski definition) is 3. The Hall–Kier alpha value is -1.25. The molecular formula is C27H43BrO3Si2. The van der Waals surface area contributed by atoms with Gasteiger partial charge in [0, 0.05) is 10.0 Å². The minimum Gasteiger partial charge on any atom is -0.541 e. The van der Waals surface area contributed by atoms with Crippen molar-refractivity contribution in [1.29, 1.82) is 0 Å². The van der Waals surface area contributed by atoms with Crippen molar-refractivity contribution in [3.8, 4) is 17.2 Å². The first-order chi connectivity index (χ1) is 14.9. The van der Waals surface area contributed by atoms with Gasteiger partial charge in [-0.15, -0.1) is 0 Å². The Balaban J connectivity index is 2.49. The van der Waals surface area contributed by atoms with E-state index >= 15 is 0 Å². The van der Waals surface area contributed by atoms with Crippen LogP contribution in [0.3, 0.4) is 0 Å². The number of ether oxygens (including phenoxy) is 1. The van der Waals surface area contributed by atoms with E-state index in [-0.39, 0.29) is 10.1 Å². The lowest BCUT2D eigenvalue weighted by Gasteiger charge is -2.40. The van der Waals surface area contributed by atoms with Crippen molar-refractivity contribution >= 4 is 32.6 Å². The van der Waals surface area contributed by atoms with Gasteiger partial charge in [-0.2, -0.15) is 0 Å². The van der Waals surface area contributed by atoms with Crippen molar-refractivity contribution in [2.24, 2.45) is 0 Å². The zero-order valence-electron chi connectivity index (χ0n) is 22.7. The molecule has 0 saturated heterocycles. The van der Waals surface area contributed by atoms with E-state index in [1.54, 1.807) is 0 Å². The SMILES string of the molecule is Cc1cccc(C)c1OCc1cc(O[Si](C)(C)C(C)(C)C)c(O[Si](C)(C)C(C)(C)C)cc1Br. The van der Waals surface area contributed by atoms with Crippen LogP contribution in [0.1, 0.15) is 58.2 Å². The highest BCUT2D eigenvalue weighted by Crippen LogP contribution is 2.45.